The summed E-state index contributed by atoms with van der Waals surface area (Å²) in [7, 11) is 3.73. The molecule has 1 aromatic carbocycles. The molecule has 2 N–H and O–H groups in total. The zero-order chi connectivity index (χ0) is 15.0. The molecule has 6 heteroatoms. The summed E-state index contributed by atoms with van der Waals surface area (Å²) in [6.45, 7) is 0.622. The Labute approximate surface area is 132 Å². The topological polar surface area (TPSA) is 44.4 Å². The molecule has 2 amide bonds. The number of nitrogens with one attached hydrogen (secondary N) is 2. The molecule has 0 radical (unpaired) electrons. The van der Waals surface area contributed by atoms with Crippen molar-refractivity contribution in [3.63, 3.8) is 0 Å². The lowest BCUT2D eigenvalue weighted by Crippen LogP contribution is -2.35. The number of hydrogen-bond acceptors (Lipinski definition) is 3. The lowest BCUT2D eigenvalue weighted by molar-refractivity contribution is 0.218. The summed E-state index contributed by atoms with van der Waals surface area (Å²) in [6, 6.07) is 10.1. The van der Waals surface area contributed by atoms with E-state index < -0.39 is 0 Å². The van der Waals surface area contributed by atoms with Gasteiger partial charge in [-0.25, -0.2) is 4.79 Å². The van der Waals surface area contributed by atoms with Gasteiger partial charge < -0.3 is 15.5 Å². The number of amides is 2. The number of nitrogens with zero attached hydrogens (tertiary/aromatic N) is 1. The van der Waals surface area contributed by atoms with Gasteiger partial charge in [-0.15, -0.1) is 11.3 Å². The van der Waals surface area contributed by atoms with E-state index in [9.17, 15) is 4.79 Å². The maximum atomic E-state index is 11.6. The zero-order valence-electron chi connectivity index (χ0n) is 11.8. The van der Waals surface area contributed by atoms with E-state index in [0.717, 1.165) is 15.6 Å². The number of carbonyl (C=O) groups excluding carboxylic acids is 1. The van der Waals surface area contributed by atoms with E-state index in [2.05, 4.69) is 16.7 Å². The first kappa shape index (κ1) is 14.4. The van der Waals surface area contributed by atoms with Crippen LogP contribution < -0.4 is 10.6 Å². The lowest BCUT2D eigenvalue weighted by Gasteiger charge is -2.27. The first-order valence-electron chi connectivity index (χ1n) is 6.66. The lowest BCUT2D eigenvalue weighted by atomic mass is 10.00. The van der Waals surface area contributed by atoms with Crippen molar-refractivity contribution in [1.29, 1.82) is 0 Å². The molecule has 1 aliphatic heterocycles. The maximum absolute atomic E-state index is 11.6. The number of carbonyl (C=O) groups is 1. The zero-order valence-corrected chi connectivity index (χ0v) is 13.4. The Balaban J connectivity index is 1.95. The fraction of sp³-hybridized carbons (Fsp3) is 0.267. The Hall–Kier alpha value is -1.56. The molecule has 1 aliphatic rings. The van der Waals surface area contributed by atoms with Crippen LogP contribution >= 0.6 is 22.9 Å². The molecule has 0 fully saturated rings. The summed E-state index contributed by atoms with van der Waals surface area (Å²) in [5.74, 6) is 0. The minimum absolute atomic E-state index is 0.0644. The van der Waals surface area contributed by atoms with E-state index in [0.29, 0.717) is 6.54 Å². The Morgan fingerprint density at radius 3 is 2.86 bits per heavy atom. The molecule has 4 nitrogen and oxygen atoms in total. The molecule has 2 aromatic rings. The number of rotatable bonds is 3. The second-order valence-electron chi connectivity index (χ2n) is 5.07. The number of thiophene rings is 1. The summed E-state index contributed by atoms with van der Waals surface area (Å²) in [6.07, 6.45) is 0. The highest BCUT2D eigenvalue weighted by atomic mass is 35.5. The molecule has 3 rings (SSSR count). The van der Waals surface area contributed by atoms with Gasteiger partial charge in [0.05, 0.1) is 10.4 Å². The molecular formula is C15H16ClN3OS. The molecule has 1 unspecified atom stereocenters. The Bertz CT molecular complexity index is 685. The van der Waals surface area contributed by atoms with Crippen molar-refractivity contribution >= 4 is 34.7 Å². The standard InChI is InChI=1S/C15H16ClN3OS/c1-17-14(12-5-6-13(16)21-12)9-3-4-11-10(7-9)8-19(2)15(20)18-11/h3-7,14,17H,8H2,1-2H3,(H,18,20). The average Bonchev–Trinajstić information content (AvgIpc) is 2.87. The minimum atomic E-state index is -0.0644. The molecule has 0 saturated heterocycles. The van der Waals surface area contributed by atoms with Gasteiger partial charge in [0.15, 0.2) is 0 Å². The molecule has 2 heterocycles. The number of benzene rings is 1. The van der Waals surface area contributed by atoms with Gasteiger partial charge in [-0.1, -0.05) is 17.7 Å². The van der Waals surface area contributed by atoms with Gasteiger partial charge >= 0.3 is 6.03 Å². The van der Waals surface area contributed by atoms with Crippen molar-refractivity contribution in [2.45, 2.75) is 12.6 Å². The van der Waals surface area contributed by atoms with E-state index >= 15 is 0 Å². The van der Waals surface area contributed by atoms with Crippen LogP contribution in [0.15, 0.2) is 30.3 Å². The smallest absolute Gasteiger partial charge is 0.321 e. The van der Waals surface area contributed by atoms with Crippen molar-refractivity contribution in [2.24, 2.45) is 0 Å². The van der Waals surface area contributed by atoms with Crippen LogP contribution in [0.2, 0.25) is 4.34 Å². The van der Waals surface area contributed by atoms with Gasteiger partial charge in [-0.05, 0) is 42.4 Å². The van der Waals surface area contributed by atoms with Crippen LogP contribution in [0.5, 0.6) is 0 Å². The van der Waals surface area contributed by atoms with Gasteiger partial charge in [0, 0.05) is 24.2 Å². The summed E-state index contributed by atoms with van der Waals surface area (Å²) < 4.78 is 0.787. The fourth-order valence-corrected chi connectivity index (χ4v) is 3.74. The third kappa shape index (κ3) is 2.77. The first-order valence-corrected chi connectivity index (χ1v) is 7.85. The van der Waals surface area contributed by atoms with Crippen molar-refractivity contribution < 1.29 is 4.79 Å². The van der Waals surface area contributed by atoms with Crippen LogP contribution in [-0.2, 0) is 6.54 Å². The SMILES string of the molecule is CNC(c1ccc2c(c1)CN(C)C(=O)N2)c1ccc(Cl)s1. The largest absolute Gasteiger partial charge is 0.323 e. The summed E-state index contributed by atoms with van der Waals surface area (Å²) in [5.41, 5.74) is 3.18. The van der Waals surface area contributed by atoms with Gasteiger partial charge in [-0.2, -0.15) is 0 Å². The van der Waals surface area contributed by atoms with E-state index in [-0.39, 0.29) is 12.1 Å². The van der Waals surface area contributed by atoms with Gasteiger partial charge in [0.2, 0.25) is 0 Å². The molecule has 1 aromatic heterocycles. The van der Waals surface area contributed by atoms with E-state index in [4.69, 9.17) is 11.6 Å². The Kier molecular flexibility index (Phi) is 3.89. The normalized spacial score (nSPS) is 15.6. The highest BCUT2D eigenvalue weighted by Gasteiger charge is 2.21. The summed E-state index contributed by atoms with van der Waals surface area (Å²) in [4.78, 5) is 14.5. The summed E-state index contributed by atoms with van der Waals surface area (Å²) >= 11 is 7.61. The molecule has 1 atom stereocenters. The third-order valence-corrected chi connectivity index (χ3v) is 4.92. The second-order valence-corrected chi connectivity index (χ2v) is 6.81. The number of halogens is 1. The highest BCUT2D eigenvalue weighted by molar-refractivity contribution is 7.16. The van der Waals surface area contributed by atoms with Gasteiger partial charge in [0.25, 0.3) is 0 Å². The molecule has 110 valence electrons. The van der Waals surface area contributed by atoms with Crippen molar-refractivity contribution in [2.75, 3.05) is 19.4 Å². The fourth-order valence-electron chi connectivity index (χ4n) is 2.54. The number of fused-ring (bicyclic) bond motifs is 1. The Morgan fingerprint density at radius 2 is 2.19 bits per heavy atom. The number of hydrogen-bond donors (Lipinski definition) is 2. The highest BCUT2D eigenvalue weighted by Crippen LogP contribution is 2.33. The molecule has 21 heavy (non-hydrogen) atoms. The van der Waals surface area contributed by atoms with Crippen LogP contribution in [-0.4, -0.2) is 25.0 Å². The van der Waals surface area contributed by atoms with Gasteiger partial charge in [0.1, 0.15) is 0 Å². The van der Waals surface area contributed by atoms with Crippen molar-refractivity contribution in [1.82, 2.24) is 10.2 Å². The first-order chi connectivity index (χ1) is 10.1. The Morgan fingerprint density at radius 1 is 1.38 bits per heavy atom. The number of urea groups is 1. The van der Waals surface area contributed by atoms with E-state index in [1.165, 1.54) is 10.4 Å². The molecule has 0 aliphatic carbocycles. The minimum Gasteiger partial charge on any atom is -0.323 e. The van der Waals surface area contributed by atoms with Crippen molar-refractivity contribution in [3.05, 3.63) is 50.7 Å². The van der Waals surface area contributed by atoms with Gasteiger partial charge in [-0.3, -0.25) is 0 Å². The maximum Gasteiger partial charge on any atom is 0.321 e. The van der Waals surface area contributed by atoms with Crippen LogP contribution in [0.3, 0.4) is 0 Å². The monoisotopic (exact) mass is 321 g/mol. The molecular weight excluding hydrogens is 306 g/mol. The van der Waals surface area contributed by atoms with Crippen LogP contribution in [0, 0.1) is 0 Å². The predicted octanol–water partition coefficient (Wildman–Crippen LogP) is 3.69. The van der Waals surface area contributed by atoms with Crippen LogP contribution in [0.1, 0.15) is 22.0 Å². The van der Waals surface area contributed by atoms with E-state index in [1.807, 2.05) is 31.3 Å². The molecule has 0 spiro atoms. The van der Waals surface area contributed by atoms with E-state index in [1.54, 1.807) is 23.3 Å². The summed E-state index contributed by atoms with van der Waals surface area (Å²) in [5, 5.41) is 6.21. The second kappa shape index (κ2) is 5.67. The molecule has 0 bridgehead atoms. The third-order valence-electron chi connectivity index (χ3n) is 3.63. The van der Waals surface area contributed by atoms with Crippen LogP contribution in [0.4, 0.5) is 10.5 Å². The average molecular weight is 322 g/mol. The predicted molar refractivity (Wildman–Crippen MR) is 87.2 cm³/mol. The number of anilines is 1. The molecule has 0 saturated carbocycles. The quantitative estimate of drug-likeness (QED) is 0.905. The van der Waals surface area contributed by atoms with Crippen LogP contribution in [0.25, 0.3) is 0 Å². The van der Waals surface area contributed by atoms with Crippen molar-refractivity contribution in [3.8, 4) is 0 Å².